The van der Waals surface area contributed by atoms with Crippen LogP contribution in [0.5, 0.6) is 0 Å². The topological polar surface area (TPSA) is 22.0 Å². The van der Waals surface area contributed by atoms with Gasteiger partial charge >= 0.3 is 0 Å². The summed E-state index contributed by atoms with van der Waals surface area (Å²) < 4.78 is 1.98. The normalized spacial score (nSPS) is 10.4. The summed E-state index contributed by atoms with van der Waals surface area (Å²) >= 11 is 1.65. The molecule has 0 atom stereocenters. The van der Waals surface area contributed by atoms with E-state index >= 15 is 0 Å². The third-order valence-corrected chi connectivity index (χ3v) is 3.61. The van der Waals surface area contributed by atoms with Crippen LogP contribution in [-0.2, 0) is 0 Å². The van der Waals surface area contributed by atoms with Crippen molar-refractivity contribution in [3.8, 4) is 5.00 Å². The molecule has 2 nitrogen and oxygen atoms in total. The number of aryl methyl sites for hydroxylation is 1. The van der Waals surface area contributed by atoms with Gasteiger partial charge in [0.15, 0.2) is 6.29 Å². The molecule has 0 amide bonds. The first-order valence-electron chi connectivity index (χ1n) is 4.42. The molecule has 0 saturated carbocycles. The van der Waals surface area contributed by atoms with E-state index in [4.69, 9.17) is 0 Å². The highest BCUT2D eigenvalue weighted by atomic mass is 32.1. The molecule has 0 aromatic carbocycles. The van der Waals surface area contributed by atoms with E-state index in [1.165, 1.54) is 4.88 Å². The molecule has 0 saturated heterocycles. The number of hydrogen-bond acceptors (Lipinski definition) is 2. The molecule has 0 aliphatic heterocycles. The second-order valence-corrected chi connectivity index (χ2v) is 4.41. The lowest BCUT2D eigenvalue weighted by Crippen LogP contribution is -1.91. The lowest BCUT2D eigenvalue weighted by atomic mass is 10.2. The number of rotatable bonds is 2. The van der Waals surface area contributed by atoms with Crippen LogP contribution in [0.4, 0.5) is 0 Å². The summed E-state index contributed by atoms with van der Waals surface area (Å²) in [5.74, 6) is 0. The maximum Gasteiger partial charge on any atom is 0.153 e. The van der Waals surface area contributed by atoms with Crippen molar-refractivity contribution in [1.29, 1.82) is 0 Å². The molecule has 0 bridgehead atoms. The van der Waals surface area contributed by atoms with Crippen LogP contribution in [0.15, 0.2) is 24.5 Å². The summed E-state index contributed by atoms with van der Waals surface area (Å²) in [6, 6.07) is 3.91. The van der Waals surface area contributed by atoms with E-state index in [1.807, 2.05) is 42.9 Å². The molecular formula is C11H11NOS. The SMILES string of the molecule is Cc1sc(-n2cccc2)c(C=O)c1C. The van der Waals surface area contributed by atoms with Crippen molar-refractivity contribution >= 4 is 17.6 Å². The number of carbonyl (C=O) groups is 1. The Labute approximate surface area is 86.8 Å². The third kappa shape index (κ3) is 1.30. The molecule has 14 heavy (non-hydrogen) atoms. The molecule has 0 spiro atoms. The van der Waals surface area contributed by atoms with E-state index in [-0.39, 0.29) is 0 Å². The fraction of sp³-hybridized carbons (Fsp3) is 0.182. The maximum absolute atomic E-state index is 11.0. The zero-order valence-electron chi connectivity index (χ0n) is 8.15. The molecule has 72 valence electrons. The van der Waals surface area contributed by atoms with Crippen LogP contribution in [0.3, 0.4) is 0 Å². The van der Waals surface area contributed by atoms with Crippen LogP contribution in [0, 0.1) is 13.8 Å². The van der Waals surface area contributed by atoms with Gasteiger partial charge in [-0.25, -0.2) is 0 Å². The molecule has 3 heteroatoms. The van der Waals surface area contributed by atoms with Gasteiger partial charge in [0.1, 0.15) is 5.00 Å². The Morgan fingerprint density at radius 3 is 2.50 bits per heavy atom. The van der Waals surface area contributed by atoms with Crippen LogP contribution in [0.25, 0.3) is 5.00 Å². The van der Waals surface area contributed by atoms with Crippen molar-refractivity contribution < 1.29 is 4.79 Å². The first-order chi connectivity index (χ1) is 6.74. The van der Waals surface area contributed by atoms with E-state index in [1.54, 1.807) is 11.3 Å². The first kappa shape index (κ1) is 9.21. The first-order valence-corrected chi connectivity index (χ1v) is 5.24. The molecule has 2 aromatic heterocycles. The average Bonchev–Trinajstić information content (AvgIpc) is 2.76. The van der Waals surface area contributed by atoms with E-state index in [0.29, 0.717) is 0 Å². The average molecular weight is 205 g/mol. The number of aromatic nitrogens is 1. The van der Waals surface area contributed by atoms with Gasteiger partial charge in [0, 0.05) is 17.3 Å². The lowest BCUT2D eigenvalue weighted by molar-refractivity contribution is 0.112. The minimum absolute atomic E-state index is 0.809. The van der Waals surface area contributed by atoms with Gasteiger partial charge in [-0.2, -0.15) is 0 Å². The highest BCUT2D eigenvalue weighted by Crippen LogP contribution is 2.29. The van der Waals surface area contributed by atoms with Gasteiger partial charge in [0.05, 0.1) is 5.56 Å². The molecule has 0 radical (unpaired) electrons. The lowest BCUT2D eigenvalue weighted by Gasteiger charge is -1.99. The zero-order chi connectivity index (χ0) is 10.1. The van der Waals surface area contributed by atoms with Gasteiger partial charge in [-0.05, 0) is 31.5 Å². The second-order valence-electron chi connectivity index (χ2n) is 3.21. The molecule has 0 unspecified atom stereocenters. The van der Waals surface area contributed by atoms with Crippen molar-refractivity contribution in [1.82, 2.24) is 4.57 Å². The van der Waals surface area contributed by atoms with Gasteiger partial charge in [-0.3, -0.25) is 4.79 Å². The summed E-state index contributed by atoms with van der Waals surface area (Å²) in [4.78, 5) is 12.2. The molecule has 2 aromatic rings. The molecule has 0 N–H and O–H groups in total. The molecule has 0 aliphatic carbocycles. The highest BCUT2D eigenvalue weighted by molar-refractivity contribution is 7.15. The Balaban J connectivity index is 2.64. The predicted octanol–water partition coefficient (Wildman–Crippen LogP) is 2.97. The monoisotopic (exact) mass is 205 g/mol. The quantitative estimate of drug-likeness (QED) is 0.691. The number of hydrogen-bond donors (Lipinski definition) is 0. The van der Waals surface area contributed by atoms with Crippen LogP contribution < -0.4 is 0 Å². The highest BCUT2D eigenvalue weighted by Gasteiger charge is 2.12. The fourth-order valence-corrected chi connectivity index (χ4v) is 2.52. The number of carbonyl (C=O) groups excluding carboxylic acids is 1. The van der Waals surface area contributed by atoms with Gasteiger partial charge in [0.25, 0.3) is 0 Å². The van der Waals surface area contributed by atoms with Gasteiger partial charge in [-0.1, -0.05) is 0 Å². The van der Waals surface area contributed by atoms with Crippen molar-refractivity contribution in [3.63, 3.8) is 0 Å². The minimum atomic E-state index is 0.809. The zero-order valence-corrected chi connectivity index (χ0v) is 8.97. The van der Waals surface area contributed by atoms with E-state index in [0.717, 1.165) is 22.4 Å². The summed E-state index contributed by atoms with van der Waals surface area (Å²) in [5.41, 5.74) is 1.90. The smallest absolute Gasteiger partial charge is 0.153 e. The Kier molecular flexibility index (Phi) is 2.25. The molecular weight excluding hydrogens is 194 g/mol. The van der Waals surface area contributed by atoms with E-state index in [2.05, 4.69) is 0 Å². The Morgan fingerprint density at radius 2 is 1.93 bits per heavy atom. The molecule has 2 heterocycles. The van der Waals surface area contributed by atoms with Crippen LogP contribution in [0.2, 0.25) is 0 Å². The summed E-state index contributed by atoms with van der Waals surface area (Å²) in [6.07, 6.45) is 4.85. The van der Waals surface area contributed by atoms with Crippen LogP contribution in [0.1, 0.15) is 20.8 Å². The number of thiophene rings is 1. The minimum Gasteiger partial charge on any atom is -0.315 e. The number of nitrogens with zero attached hydrogens (tertiary/aromatic N) is 1. The second kappa shape index (κ2) is 3.42. The van der Waals surface area contributed by atoms with Crippen molar-refractivity contribution in [2.45, 2.75) is 13.8 Å². The fourth-order valence-electron chi connectivity index (χ4n) is 1.43. The van der Waals surface area contributed by atoms with Gasteiger partial charge in [0.2, 0.25) is 0 Å². The maximum atomic E-state index is 11.0. The molecule has 0 aliphatic rings. The summed E-state index contributed by atoms with van der Waals surface area (Å²) in [7, 11) is 0. The van der Waals surface area contributed by atoms with E-state index in [9.17, 15) is 4.79 Å². The van der Waals surface area contributed by atoms with Crippen LogP contribution >= 0.6 is 11.3 Å². The standard InChI is InChI=1S/C11H11NOS/c1-8-9(2)14-11(10(8)7-13)12-5-3-4-6-12/h3-7H,1-2H3. The Bertz CT molecular complexity index is 454. The van der Waals surface area contributed by atoms with Crippen molar-refractivity contribution in [3.05, 3.63) is 40.5 Å². The Hall–Kier alpha value is -1.35. The van der Waals surface area contributed by atoms with Gasteiger partial charge < -0.3 is 4.57 Å². The largest absolute Gasteiger partial charge is 0.315 e. The summed E-state index contributed by atoms with van der Waals surface area (Å²) in [5, 5.41) is 1.01. The Morgan fingerprint density at radius 1 is 1.29 bits per heavy atom. The molecule has 0 fully saturated rings. The van der Waals surface area contributed by atoms with Crippen molar-refractivity contribution in [2.24, 2.45) is 0 Å². The van der Waals surface area contributed by atoms with Crippen molar-refractivity contribution in [2.75, 3.05) is 0 Å². The van der Waals surface area contributed by atoms with Crippen LogP contribution in [-0.4, -0.2) is 10.9 Å². The summed E-state index contributed by atoms with van der Waals surface area (Å²) in [6.45, 7) is 4.03. The molecule has 2 rings (SSSR count). The number of aldehydes is 1. The van der Waals surface area contributed by atoms with E-state index < -0.39 is 0 Å². The third-order valence-electron chi connectivity index (χ3n) is 2.37. The predicted molar refractivity (Wildman–Crippen MR) is 58.5 cm³/mol. The van der Waals surface area contributed by atoms with Gasteiger partial charge in [-0.15, -0.1) is 11.3 Å².